The fraction of sp³-hybridized carbons (Fsp3) is 0.222. The molecule has 1 amide bonds. The van der Waals surface area contributed by atoms with Crippen LogP contribution < -0.4 is 11.1 Å². The van der Waals surface area contributed by atoms with Crippen molar-refractivity contribution in [2.24, 2.45) is 5.73 Å². The second-order valence-corrected chi connectivity index (χ2v) is 5.30. The number of carbonyl (C=O) groups is 2. The Morgan fingerprint density at radius 1 is 0.957 bits per heavy atom. The minimum atomic E-state index is -0.962. The quantitative estimate of drug-likeness (QED) is 0.730. The predicted molar refractivity (Wildman–Crippen MR) is 87.7 cm³/mol. The molecule has 23 heavy (non-hydrogen) atoms. The van der Waals surface area contributed by atoms with E-state index < -0.39 is 12.0 Å². The molecule has 0 radical (unpaired) electrons. The van der Waals surface area contributed by atoms with Gasteiger partial charge in [-0.2, -0.15) is 0 Å². The van der Waals surface area contributed by atoms with Crippen molar-refractivity contribution in [1.29, 1.82) is 0 Å². The van der Waals surface area contributed by atoms with Gasteiger partial charge < -0.3 is 16.2 Å². The number of carbonyl (C=O) groups excluding carboxylic acids is 1. The molecule has 4 N–H and O–H groups in total. The van der Waals surface area contributed by atoms with Gasteiger partial charge in [-0.3, -0.25) is 9.59 Å². The van der Waals surface area contributed by atoms with Crippen molar-refractivity contribution >= 4 is 11.9 Å². The van der Waals surface area contributed by atoms with E-state index in [9.17, 15) is 9.59 Å². The first-order chi connectivity index (χ1) is 11.1. The minimum Gasteiger partial charge on any atom is -0.481 e. The van der Waals surface area contributed by atoms with Gasteiger partial charge >= 0.3 is 5.97 Å². The highest BCUT2D eigenvalue weighted by Crippen LogP contribution is 2.21. The zero-order chi connectivity index (χ0) is 16.7. The van der Waals surface area contributed by atoms with E-state index in [1.165, 1.54) is 0 Å². The number of rotatable bonds is 7. The van der Waals surface area contributed by atoms with E-state index in [0.29, 0.717) is 0 Å². The summed E-state index contributed by atoms with van der Waals surface area (Å²) in [5, 5.41) is 11.6. The Bertz CT molecular complexity index is 604. The summed E-state index contributed by atoms with van der Waals surface area (Å²) in [6.45, 7) is 0. The average molecular weight is 312 g/mol. The molecule has 5 nitrogen and oxygen atoms in total. The average Bonchev–Trinajstić information content (AvgIpc) is 2.58. The van der Waals surface area contributed by atoms with E-state index in [2.05, 4.69) is 5.32 Å². The molecular weight excluding hydrogens is 292 g/mol. The molecule has 0 aromatic heterocycles. The Morgan fingerprint density at radius 2 is 1.43 bits per heavy atom. The largest absolute Gasteiger partial charge is 0.481 e. The van der Waals surface area contributed by atoms with Crippen molar-refractivity contribution in [3.05, 3.63) is 71.8 Å². The molecule has 0 spiro atoms. The van der Waals surface area contributed by atoms with E-state index in [4.69, 9.17) is 10.8 Å². The predicted octanol–water partition coefficient (Wildman–Crippen LogP) is 2.08. The lowest BCUT2D eigenvalue weighted by Gasteiger charge is -2.22. The van der Waals surface area contributed by atoms with Crippen LogP contribution in [0.2, 0.25) is 0 Å². The molecule has 0 aliphatic rings. The molecule has 0 saturated carbocycles. The van der Waals surface area contributed by atoms with Crippen molar-refractivity contribution < 1.29 is 14.7 Å². The molecule has 0 aliphatic carbocycles. The fourth-order valence-electron chi connectivity index (χ4n) is 2.31. The zero-order valence-corrected chi connectivity index (χ0v) is 12.7. The molecule has 2 rings (SSSR count). The molecule has 2 aromatic rings. The summed E-state index contributed by atoms with van der Waals surface area (Å²) in [6, 6.07) is 18.0. The van der Waals surface area contributed by atoms with Crippen LogP contribution in [-0.4, -0.2) is 23.0 Å². The van der Waals surface area contributed by atoms with Crippen LogP contribution in [0.5, 0.6) is 0 Å². The van der Waals surface area contributed by atoms with Gasteiger partial charge in [-0.1, -0.05) is 60.7 Å². The normalized spacial score (nSPS) is 11.9. The number of hydrogen-bond donors (Lipinski definition) is 3. The van der Waals surface area contributed by atoms with E-state index in [1.54, 1.807) is 0 Å². The summed E-state index contributed by atoms with van der Waals surface area (Å²) in [6.07, 6.45) is -0.0204. The molecule has 2 aromatic carbocycles. The minimum absolute atomic E-state index is 0.109. The maximum atomic E-state index is 12.3. The molecule has 0 unspecified atom stereocenters. The van der Waals surface area contributed by atoms with Crippen LogP contribution in [0, 0.1) is 0 Å². The highest BCUT2D eigenvalue weighted by Gasteiger charge is 2.21. The second kappa shape index (κ2) is 8.10. The Balaban J connectivity index is 2.15. The SMILES string of the molecule is N[C@@H](CCC(=O)O)C(=O)NC(c1ccccc1)c1ccccc1. The molecule has 0 aliphatic heterocycles. The maximum Gasteiger partial charge on any atom is 0.303 e. The van der Waals surface area contributed by atoms with Crippen molar-refractivity contribution in [2.75, 3.05) is 0 Å². The van der Waals surface area contributed by atoms with E-state index in [-0.39, 0.29) is 24.8 Å². The van der Waals surface area contributed by atoms with Crippen LogP contribution in [0.15, 0.2) is 60.7 Å². The number of amides is 1. The smallest absolute Gasteiger partial charge is 0.303 e. The second-order valence-electron chi connectivity index (χ2n) is 5.30. The Labute approximate surface area is 135 Å². The monoisotopic (exact) mass is 312 g/mol. The Kier molecular flexibility index (Phi) is 5.88. The van der Waals surface area contributed by atoms with Crippen molar-refractivity contribution in [3.8, 4) is 0 Å². The van der Waals surface area contributed by atoms with E-state index in [0.717, 1.165) is 11.1 Å². The molecule has 120 valence electrons. The van der Waals surface area contributed by atoms with Crippen molar-refractivity contribution in [2.45, 2.75) is 24.9 Å². The first kappa shape index (κ1) is 16.7. The number of hydrogen-bond acceptors (Lipinski definition) is 3. The van der Waals surface area contributed by atoms with Crippen LogP contribution in [0.25, 0.3) is 0 Å². The maximum absolute atomic E-state index is 12.3. The molecule has 1 atom stereocenters. The highest BCUT2D eigenvalue weighted by molar-refractivity contribution is 5.83. The van der Waals surface area contributed by atoms with Gasteiger partial charge in [0.05, 0.1) is 12.1 Å². The first-order valence-electron chi connectivity index (χ1n) is 7.45. The number of nitrogens with one attached hydrogen (secondary N) is 1. The standard InChI is InChI=1S/C18H20N2O3/c19-15(11-12-16(21)22)18(23)20-17(13-7-3-1-4-8-13)14-9-5-2-6-10-14/h1-10,15,17H,11-12,19H2,(H,20,23)(H,21,22)/t15-/m0/s1. The molecule has 5 heteroatoms. The van der Waals surface area contributed by atoms with Crippen LogP contribution in [0.1, 0.15) is 30.0 Å². The third-order valence-electron chi connectivity index (χ3n) is 3.56. The summed E-state index contributed by atoms with van der Waals surface area (Å²) < 4.78 is 0. The van der Waals surface area contributed by atoms with Gasteiger partial charge in [0.15, 0.2) is 0 Å². The van der Waals surface area contributed by atoms with Gasteiger partial charge in [0.2, 0.25) is 5.91 Å². The van der Waals surface area contributed by atoms with Crippen LogP contribution in [0.3, 0.4) is 0 Å². The molecular formula is C18H20N2O3. The lowest BCUT2D eigenvalue weighted by Crippen LogP contribution is -2.42. The van der Waals surface area contributed by atoms with Crippen LogP contribution in [0.4, 0.5) is 0 Å². The summed E-state index contributed by atoms with van der Waals surface area (Å²) in [5.41, 5.74) is 7.68. The third kappa shape index (κ3) is 4.93. The number of benzene rings is 2. The number of carboxylic acid groups (broad SMARTS) is 1. The molecule has 0 heterocycles. The van der Waals surface area contributed by atoms with Gasteiger partial charge in [0, 0.05) is 6.42 Å². The first-order valence-corrected chi connectivity index (χ1v) is 7.45. The number of nitrogens with two attached hydrogens (primary N) is 1. The van der Waals surface area contributed by atoms with Crippen LogP contribution in [-0.2, 0) is 9.59 Å². The van der Waals surface area contributed by atoms with E-state index >= 15 is 0 Å². The summed E-state index contributed by atoms with van der Waals surface area (Å²) in [4.78, 5) is 22.9. The Morgan fingerprint density at radius 3 is 1.87 bits per heavy atom. The summed E-state index contributed by atoms with van der Waals surface area (Å²) in [5.74, 6) is -1.32. The number of aliphatic carboxylic acids is 1. The lowest BCUT2D eigenvalue weighted by atomic mass is 9.98. The summed E-state index contributed by atoms with van der Waals surface area (Å²) >= 11 is 0. The lowest BCUT2D eigenvalue weighted by molar-refractivity contribution is -0.137. The van der Waals surface area contributed by atoms with Gasteiger partial charge in [-0.05, 0) is 17.5 Å². The van der Waals surface area contributed by atoms with Crippen molar-refractivity contribution in [3.63, 3.8) is 0 Å². The van der Waals surface area contributed by atoms with Gasteiger partial charge in [-0.15, -0.1) is 0 Å². The van der Waals surface area contributed by atoms with Gasteiger partial charge in [0.25, 0.3) is 0 Å². The topological polar surface area (TPSA) is 92.4 Å². The summed E-state index contributed by atoms with van der Waals surface area (Å²) in [7, 11) is 0. The van der Waals surface area contributed by atoms with Gasteiger partial charge in [-0.25, -0.2) is 0 Å². The third-order valence-corrected chi connectivity index (χ3v) is 3.56. The highest BCUT2D eigenvalue weighted by atomic mass is 16.4. The van der Waals surface area contributed by atoms with Crippen LogP contribution >= 0.6 is 0 Å². The molecule has 0 fully saturated rings. The Hall–Kier alpha value is -2.66. The van der Waals surface area contributed by atoms with E-state index in [1.807, 2.05) is 60.7 Å². The molecule has 0 saturated heterocycles. The zero-order valence-electron chi connectivity index (χ0n) is 12.7. The molecule has 0 bridgehead atoms. The fourth-order valence-corrected chi connectivity index (χ4v) is 2.31. The van der Waals surface area contributed by atoms with Gasteiger partial charge in [0.1, 0.15) is 0 Å². The van der Waals surface area contributed by atoms with Crippen molar-refractivity contribution in [1.82, 2.24) is 5.32 Å². The number of carboxylic acids is 1.